The first-order chi connectivity index (χ1) is 17.3. The number of aryl methyl sites for hydroxylation is 2. The summed E-state index contributed by atoms with van der Waals surface area (Å²) >= 11 is 12.4. The Hall–Kier alpha value is -3.02. The summed E-state index contributed by atoms with van der Waals surface area (Å²) in [6.45, 7) is 6.46. The molecule has 0 unspecified atom stereocenters. The van der Waals surface area contributed by atoms with Crippen LogP contribution in [0.5, 0.6) is 5.75 Å². The first kappa shape index (κ1) is 27.6. The van der Waals surface area contributed by atoms with Gasteiger partial charge < -0.3 is 15.0 Å². The number of carbonyl (C=O) groups is 2. The number of benzene rings is 3. The normalized spacial score (nSPS) is 11.6. The number of rotatable bonds is 11. The third-order valence-electron chi connectivity index (χ3n) is 5.71. The van der Waals surface area contributed by atoms with Gasteiger partial charge in [0.25, 0.3) is 5.91 Å². The van der Waals surface area contributed by atoms with Gasteiger partial charge in [0.05, 0.1) is 10.0 Å². The highest BCUT2D eigenvalue weighted by atomic mass is 35.5. The largest absolute Gasteiger partial charge is 0.484 e. The quantitative estimate of drug-likeness (QED) is 0.325. The summed E-state index contributed by atoms with van der Waals surface area (Å²) in [5.41, 5.74) is 3.82. The molecule has 0 aliphatic heterocycles. The Morgan fingerprint density at radius 2 is 1.61 bits per heavy atom. The number of hydrogen-bond acceptors (Lipinski definition) is 3. The van der Waals surface area contributed by atoms with E-state index in [1.54, 1.807) is 17.0 Å². The lowest BCUT2D eigenvalue weighted by molar-refractivity contribution is -0.142. The Morgan fingerprint density at radius 3 is 2.25 bits per heavy atom. The minimum Gasteiger partial charge on any atom is -0.484 e. The molecule has 0 heterocycles. The number of amides is 2. The third-order valence-corrected chi connectivity index (χ3v) is 6.45. The molecule has 5 nitrogen and oxygen atoms in total. The first-order valence-electron chi connectivity index (χ1n) is 12.0. The Labute approximate surface area is 223 Å². The molecule has 0 saturated heterocycles. The lowest BCUT2D eigenvalue weighted by Gasteiger charge is -2.31. The van der Waals surface area contributed by atoms with Crippen molar-refractivity contribution in [3.8, 4) is 5.75 Å². The van der Waals surface area contributed by atoms with Crippen LogP contribution in [0.3, 0.4) is 0 Å². The Bertz CT molecular complexity index is 1160. The zero-order valence-electron chi connectivity index (χ0n) is 20.9. The predicted octanol–water partition coefficient (Wildman–Crippen LogP) is 6.16. The van der Waals surface area contributed by atoms with E-state index in [1.807, 2.05) is 75.4 Å². The fraction of sp³-hybridized carbons (Fsp3) is 0.310. The molecule has 0 aliphatic carbocycles. The van der Waals surface area contributed by atoms with Gasteiger partial charge in [-0.2, -0.15) is 0 Å². The molecule has 0 spiro atoms. The van der Waals surface area contributed by atoms with Gasteiger partial charge in [-0.3, -0.25) is 9.59 Å². The summed E-state index contributed by atoms with van der Waals surface area (Å²) in [5.74, 6) is 0.110. The molecular formula is C29H32Cl2N2O3. The molecule has 7 heteroatoms. The second-order valence-corrected chi connectivity index (χ2v) is 9.69. The topological polar surface area (TPSA) is 58.6 Å². The van der Waals surface area contributed by atoms with Crippen LogP contribution < -0.4 is 10.1 Å². The van der Waals surface area contributed by atoms with Gasteiger partial charge in [-0.05, 0) is 66.8 Å². The van der Waals surface area contributed by atoms with Crippen LogP contribution in [0, 0.1) is 13.8 Å². The van der Waals surface area contributed by atoms with Crippen LogP contribution in [0.2, 0.25) is 10.0 Å². The van der Waals surface area contributed by atoms with Gasteiger partial charge in [-0.25, -0.2) is 0 Å². The minimum atomic E-state index is -0.733. The molecule has 190 valence electrons. The smallest absolute Gasteiger partial charge is 0.261 e. The molecule has 3 aromatic carbocycles. The van der Waals surface area contributed by atoms with Crippen LogP contribution in [0.4, 0.5) is 0 Å². The number of ether oxygens (including phenoxy) is 1. The van der Waals surface area contributed by atoms with Crippen molar-refractivity contribution in [1.82, 2.24) is 10.2 Å². The van der Waals surface area contributed by atoms with Crippen molar-refractivity contribution in [2.24, 2.45) is 0 Å². The number of nitrogens with one attached hydrogen (secondary N) is 1. The van der Waals surface area contributed by atoms with Gasteiger partial charge in [0.15, 0.2) is 6.61 Å². The van der Waals surface area contributed by atoms with E-state index in [2.05, 4.69) is 5.32 Å². The zero-order chi connectivity index (χ0) is 26.1. The van der Waals surface area contributed by atoms with Gasteiger partial charge in [0.1, 0.15) is 11.8 Å². The maximum absolute atomic E-state index is 13.6. The highest BCUT2D eigenvalue weighted by Crippen LogP contribution is 2.24. The van der Waals surface area contributed by atoms with E-state index in [1.165, 1.54) is 0 Å². The summed E-state index contributed by atoms with van der Waals surface area (Å²) in [6, 6.07) is 20.0. The van der Waals surface area contributed by atoms with Crippen LogP contribution in [0.25, 0.3) is 0 Å². The Balaban J connectivity index is 1.92. The van der Waals surface area contributed by atoms with Gasteiger partial charge in [-0.15, -0.1) is 0 Å². The fourth-order valence-electron chi connectivity index (χ4n) is 4.00. The van der Waals surface area contributed by atoms with Crippen molar-refractivity contribution < 1.29 is 14.3 Å². The van der Waals surface area contributed by atoms with Crippen molar-refractivity contribution in [2.75, 3.05) is 13.2 Å². The third kappa shape index (κ3) is 8.00. The molecule has 0 radical (unpaired) electrons. The monoisotopic (exact) mass is 526 g/mol. The zero-order valence-corrected chi connectivity index (χ0v) is 22.4. The lowest BCUT2D eigenvalue weighted by atomic mass is 10.0. The molecule has 2 amide bonds. The number of hydrogen-bond donors (Lipinski definition) is 1. The van der Waals surface area contributed by atoms with E-state index in [0.717, 1.165) is 28.7 Å². The molecule has 0 bridgehead atoms. The van der Waals surface area contributed by atoms with Crippen LogP contribution in [-0.2, 0) is 22.6 Å². The van der Waals surface area contributed by atoms with Gasteiger partial charge >= 0.3 is 0 Å². The van der Waals surface area contributed by atoms with Gasteiger partial charge in [0.2, 0.25) is 5.91 Å². The second kappa shape index (κ2) is 13.3. The lowest BCUT2D eigenvalue weighted by Crippen LogP contribution is -2.51. The maximum atomic E-state index is 13.6. The highest BCUT2D eigenvalue weighted by Gasteiger charge is 2.30. The summed E-state index contributed by atoms with van der Waals surface area (Å²) < 4.78 is 5.88. The molecule has 3 aromatic rings. The Morgan fingerprint density at radius 1 is 0.917 bits per heavy atom. The molecule has 0 fully saturated rings. The van der Waals surface area contributed by atoms with E-state index in [0.29, 0.717) is 28.8 Å². The van der Waals surface area contributed by atoms with E-state index in [-0.39, 0.29) is 25.0 Å². The first-order valence-corrected chi connectivity index (χ1v) is 12.8. The highest BCUT2D eigenvalue weighted by molar-refractivity contribution is 6.42. The van der Waals surface area contributed by atoms with Crippen molar-refractivity contribution in [3.63, 3.8) is 0 Å². The SMILES string of the molecule is CCCNC(=O)[C@H](Cc1ccccc1)N(Cc1ccc(Cl)c(Cl)c1)C(=O)COc1cc(C)cc(C)c1. The standard InChI is InChI=1S/C29H32Cl2N2O3/c1-4-12-32-29(35)27(17-22-8-6-5-7-9-22)33(18-23-10-11-25(30)26(31)16-23)28(34)19-36-24-14-20(2)13-21(3)15-24/h5-11,13-16,27H,4,12,17-19H2,1-3H3,(H,32,35)/t27-/m0/s1. The molecule has 3 rings (SSSR count). The average molecular weight is 527 g/mol. The second-order valence-electron chi connectivity index (χ2n) is 8.88. The summed E-state index contributed by atoms with van der Waals surface area (Å²) in [7, 11) is 0. The number of nitrogens with zero attached hydrogens (tertiary/aromatic N) is 1. The molecule has 36 heavy (non-hydrogen) atoms. The van der Waals surface area contributed by atoms with Crippen molar-refractivity contribution in [1.29, 1.82) is 0 Å². The van der Waals surface area contributed by atoms with Gasteiger partial charge in [0, 0.05) is 19.5 Å². The Kier molecular flexibility index (Phi) is 10.2. The molecule has 1 atom stereocenters. The number of halogens is 2. The van der Waals surface area contributed by atoms with E-state index in [9.17, 15) is 9.59 Å². The van der Waals surface area contributed by atoms with Crippen LogP contribution in [0.15, 0.2) is 66.7 Å². The van der Waals surface area contributed by atoms with Crippen molar-refractivity contribution in [3.05, 3.63) is 99.0 Å². The number of carbonyl (C=O) groups excluding carboxylic acids is 2. The maximum Gasteiger partial charge on any atom is 0.261 e. The molecule has 1 N–H and O–H groups in total. The summed E-state index contributed by atoms with van der Waals surface area (Å²) in [5, 5.41) is 3.78. The van der Waals surface area contributed by atoms with Crippen LogP contribution in [0.1, 0.15) is 35.6 Å². The summed E-state index contributed by atoms with van der Waals surface area (Å²) in [6.07, 6.45) is 1.16. The van der Waals surface area contributed by atoms with Crippen molar-refractivity contribution in [2.45, 2.75) is 46.2 Å². The summed E-state index contributed by atoms with van der Waals surface area (Å²) in [4.78, 5) is 28.5. The predicted molar refractivity (Wildman–Crippen MR) is 146 cm³/mol. The van der Waals surface area contributed by atoms with Gasteiger partial charge in [-0.1, -0.05) is 72.6 Å². The molecule has 0 aliphatic rings. The molecule has 0 saturated carbocycles. The van der Waals surface area contributed by atoms with E-state index >= 15 is 0 Å². The van der Waals surface area contributed by atoms with E-state index in [4.69, 9.17) is 27.9 Å². The average Bonchev–Trinajstić information content (AvgIpc) is 2.85. The minimum absolute atomic E-state index is 0.184. The van der Waals surface area contributed by atoms with E-state index < -0.39 is 6.04 Å². The fourth-order valence-corrected chi connectivity index (χ4v) is 4.32. The van der Waals surface area contributed by atoms with Crippen LogP contribution in [-0.4, -0.2) is 35.9 Å². The van der Waals surface area contributed by atoms with Crippen molar-refractivity contribution >= 4 is 35.0 Å². The van der Waals surface area contributed by atoms with Crippen LogP contribution >= 0.6 is 23.2 Å². The molecular weight excluding hydrogens is 495 g/mol. The molecule has 0 aromatic heterocycles.